The first kappa shape index (κ1) is 24.9. The molecule has 0 bridgehead atoms. The van der Waals surface area contributed by atoms with Gasteiger partial charge in [-0.2, -0.15) is 4.39 Å². The van der Waals surface area contributed by atoms with Gasteiger partial charge in [-0.1, -0.05) is 34.7 Å². The van der Waals surface area contributed by atoms with Crippen molar-refractivity contribution in [2.75, 3.05) is 18.5 Å². The second kappa shape index (κ2) is 11.4. The van der Waals surface area contributed by atoms with Gasteiger partial charge in [0.2, 0.25) is 10.0 Å². The molecule has 13 heteroatoms. The highest BCUT2D eigenvalue weighted by atomic mass is 32.2. The molecule has 0 aliphatic carbocycles. The zero-order valence-corrected chi connectivity index (χ0v) is 20.0. The number of hydrogen-bond donors (Lipinski definition) is 2. The fourth-order valence-electron chi connectivity index (χ4n) is 3.24. The normalized spacial score (nSPS) is 15.1. The van der Waals surface area contributed by atoms with Crippen LogP contribution in [0.15, 0.2) is 64.9 Å². The average Bonchev–Trinajstić information content (AvgIpc) is 3.27. The van der Waals surface area contributed by atoms with Crippen LogP contribution in [0.1, 0.15) is 24.1 Å². The number of benzene rings is 1. The molecule has 184 valence electrons. The van der Waals surface area contributed by atoms with Crippen LogP contribution >= 0.6 is 11.3 Å². The third-order valence-electron chi connectivity index (χ3n) is 4.99. The number of anilines is 1. The highest BCUT2D eigenvalue weighted by Gasteiger charge is 2.23. The average molecular weight is 520 g/mol. The molecule has 3 aromatic rings. The molecule has 1 aromatic carbocycles. The molecule has 0 saturated carbocycles. The number of sulfonamides is 1. The number of hydrogen-bond acceptors (Lipinski definition) is 9. The van der Waals surface area contributed by atoms with Gasteiger partial charge in [0, 0.05) is 31.0 Å². The molecule has 0 atom stereocenters. The molecule has 0 unspecified atom stereocenters. The Morgan fingerprint density at radius 3 is 2.60 bits per heavy atom. The molecule has 10 nitrogen and oxygen atoms in total. The SMILES string of the molecule is O=C(Nc1ncc(F)s1)/C(=N/OCc1ccccn1)c1ccc(S(=O)(=O)NC2CCOCC2)cc1. The molecule has 2 aromatic heterocycles. The Hall–Kier alpha value is -3.26. The molecule has 1 amide bonds. The molecule has 1 aliphatic heterocycles. The highest BCUT2D eigenvalue weighted by Crippen LogP contribution is 2.18. The number of ether oxygens (including phenoxy) is 1. The molecule has 1 saturated heterocycles. The highest BCUT2D eigenvalue weighted by molar-refractivity contribution is 7.89. The first-order chi connectivity index (χ1) is 16.9. The monoisotopic (exact) mass is 519 g/mol. The Labute approximate surface area is 205 Å². The second-order valence-corrected chi connectivity index (χ2v) is 10.2. The van der Waals surface area contributed by atoms with Crippen molar-refractivity contribution in [3.8, 4) is 0 Å². The van der Waals surface area contributed by atoms with E-state index >= 15 is 0 Å². The third kappa shape index (κ3) is 6.88. The van der Waals surface area contributed by atoms with Crippen LogP contribution in [0.3, 0.4) is 0 Å². The van der Waals surface area contributed by atoms with Crippen molar-refractivity contribution in [3.63, 3.8) is 0 Å². The van der Waals surface area contributed by atoms with Gasteiger partial charge < -0.3 is 9.57 Å². The van der Waals surface area contributed by atoms with Crippen LogP contribution in [0.5, 0.6) is 0 Å². The summed E-state index contributed by atoms with van der Waals surface area (Å²) in [5, 5.41) is 5.90. The summed E-state index contributed by atoms with van der Waals surface area (Å²) < 4.78 is 46.7. The van der Waals surface area contributed by atoms with Crippen molar-refractivity contribution in [3.05, 3.63) is 71.2 Å². The largest absolute Gasteiger partial charge is 0.389 e. The molecule has 4 rings (SSSR count). The van der Waals surface area contributed by atoms with E-state index in [0.717, 1.165) is 6.20 Å². The summed E-state index contributed by atoms with van der Waals surface area (Å²) in [6.45, 7) is 1.01. The Kier molecular flexibility index (Phi) is 8.13. The van der Waals surface area contributed by atoms with E-state index in [4.69, 9.17) is 9.57 Å². The van der Waals surface area contributed by atoms with E-state index in [1.165, 1.54) is 24.3 Å². The van der Waals surface area contributed by atoms with Gasteiger partial charge in [-0.05, 0) is 37.1 Å². The molecule has 1 fully saturated rings. The van der Waals surface area contributed by atoms with Crippen LogP contribution in [0.4, 0.5) is 9.52 Å². The number of rotatable bonds is 9. The van der Waals surface area contributed by atoms with E-state index in [2.05, 4.69) is 25.2 Å². The summed E-state index contributed by atoms with van der Waals surface area (Å²) in [4.78, 5) is 26.1. The van der Waals surface area contributed by atoms with Crippen LogP contribution in [-0.4, -0.2) is 49.3 Å². The maximum absolute atomic E-state index is 13.3. The molecule has 3 heterocycles. The van der Waals surface area contributed by atoms with E-state index < -0.39 is 21.1 Å². The van der Waals surface area contributed by atoms with Crippen molar-refractivity contribution in [2.24, 2.45) is 5.16 Å². The van der Waals surface area contributed by atoms with E-state index in [1.54, 1.807) is 24.4 Å². The van der Waals surface area contributed by atoms with Gasteiger partial charge in [0.05, 0.1) is 16.8 Å². The standard InChI is InChI=1S/C22H22FN5O5S2/c23-19-13-25-22(34-19)26-21(29)20(27-33-14-17-3-1-2-10-24-17)15-4-6-18(7-5-15)35(30,31)28-16-8-11-32-12-9-16/h1-7,10,13,16,28H,8-9,11-12,14H2,(H,25,26,29)/b27-20+. The molecular formula is C22H22FN5O5S2. The lowest BCUT2D eigenvalue weighted by Gasteiger charge is -2.23. The maximum Gasteiger partial charge on any atom is 0.280 e. The van der Waals surface area contributed by atoms with Gasteiger partial charge >= 0.3 is 0 Å². The van der Waals surface area contributed by atoms with Crippen molar-refractivity contribution in [1.29, 1.82) is 0 Å². The number of halogens is 1. The number of carbonyl (C=O) groups excluding carboxylic acids is 1. The smallest absolute Gasteiger partial charge is 0.280 e. The van der Waals surface area contributed by atoms with E-state index in [1.807, 2.05) is 0 Å². The van der Waals surface area contributed by atoms with Crippen LogP contribution < -0.4 is 10.0 Å². The van der Waals surface area contributed by atoms with Crippen LogP contribution in [-0.2, 0) is 31.0 Å². The minimum Gasteiger partial charge on any atom is -0.389 e. The summed E-state index contributed by atoms with van der Waals surface area (Å²) in [5.74, 6) is -0.698. The van der Waals surface area contributed by atoms with Gasteiger partial charge in [0.1, 0.15) is 0 Å². The van der Waals surface area contributed by atoms with Gasteiger partial charge in [0.25, 0.3) is 5.91 Å². The third-order valence-corrected chi connectivity index (χ3v) is 7.23. The van der Waals surface area contributed by atoms with E-state index in [0.29, 0.717) is 48.6 Å². The quantitative estimate of drug-likeness (QED) is 0.328. The minimum atomic E-state index is -3.76. The van der Waals surface area contributed by atoms with E-state index in [-0.39, 0.29) is 28.4 Å². The van der Waals surface area contributed by atoms with Gasteiger partial charge in [-0.15, -0.1) is 0 Å². The van der Waals surface area contributed by atoms with Crippen molar-refractivity contribution >= 4 is 38.1 Å². The zero-order valence-electron chi connectivity index (χ0n) is 18.4. The summed E-state index contributed by atoms with van der Waals surface area (Å²) in [6, 6.07) is 10.7. The predicted molar refractivity (Wildman–Crippen MR) is 127 cm³/mol. The van der Waals surface area contributed by atoms with Crippen LogP contribution in [0.2, 0.25) is 0 Å². The molecule has 35 heavy (non-hydrogen) atoms. The number of aromatic nitrogens is 2. The summed E-state index contributed by atoms with van der Waals surface area (Å²) in [6.07, 6.45) is 3.78. The number of nitrogens with one attached hydrogen (secondary N) is 2. The number of nitrogens with zero attached hydrogens (tertiary/aromatic N) is 3. The number of thiazole rings is 1. The predicted octanol–water partition coefficient (Wildman–Crippen LogP) is 2.69. The molecular weight excluding hydrogens is 497 g/mol. The fourth-order valence-corrected chi connectivity index (χ4v) is 5.08. The lowest BCUT2D eigenvalue weighted by Crippen LogP contribution is -2.38. The van der Waals surface area contributed by atoms with Crippen LogP contribution in [0.25, 0.3) is 0 Å². The molecule has 2 N–H and O–H groups in total. The maximum atomic E-state index is 13.3. The Balaban J connectivity index is 1.53. The van der Waals surface area contributed by atoms with Gasteiger partial charge in [-0.3, -0.25) is 15.1 Å². The number of carbonyl (C=O) groups is 1. The zero-order chi connectivity index (χ0) is 24.7. The van der Waals surface area contributed by atoms with Crippen LogP contribution in [0, 0.1) is 5.13 Å². The second-order valence-electron chi connectivity index (χ2n) is 7.49. The van der Waals surface area contributed by atoms with E-state index in [9.17, 15) is 17.6 Å². The fraction of sp³-hybridized carbons (Fsp3) is 0.273. The van der Waals surface area contributed by atoms with Crippen molar-refractivity contribution < 1.29 is 27.2 Å². The lowest BCUT2D eigenvalue weighted by molar-refractivity contribution is -0.110. The minimum absolute atomic E-state index is 0.00495. The van der Waals surface area contributed by atoms with Gasteiger partial charge in [0.15, 0.2) is 22.6 Å². The molecule has 0 spiro atoms. The summed E-state index contributed by atoms with van der Waals surface area (Å²) in [5.41, 5.74) is 0.752. The number of oxime groups is 1. The lowest BCUT2D eigenvalue weighted by atomic mass is 10.1. The Morgan fingerprint density at radius 1 is 1.17 bits per heavy atom. The van der Waals surface area contributed by atoms with Gasteiger partial charge in [-0.25, -0.2) is 18.1 Å². The molecule has 0 radical (unpaired) electrons. The van der Waals surface area contributed by atoms with Crippen molar-refractivity contribution in [1.82, 2.24) is 14.7 Å². The first-order valence-corrected chi connectivity index (χ1v) is 12.9. The first-order valence-electron chi connectivity index (χ1n) is 10.6. The summed E-state index contributed by atoms with van der Waals surface area (Å²) >= 11 is 0.660. The Morgan fingerprint density at radius 2 is 1.94 bits per heavy atom. The Bertz CT molecular complexity index is 1280. The topological polar surface area (TPSA) is 132 Å². The summed E-state index contributed by atoms with van der Waals surface area (Å²) in [7, 11) is -3.76. The molecule has 1 aliphatic rings. The number of amides is 1. The van der Waals surface area contributed by atoms with Crippen molar-refractivity contribution in [2.45, 2.75) is 30.4 Å². The number of pyridine rings is 1.